The fourth-order valence-corrected chi connectivity index (χ4v) is 7.15. The molecule has 1 aliphatic heterocycles. The van der Waals surface area contributed by atoms with Crippen molar-refractivity contribution in [3.63, 3.8) is 0 Å². The molecule has 5 heteroatoms. The Hall–Kier alpha value is -0.750. The summed E-state index contributed by atoms with van der Waals surface area (Å²) >= 11 is 0. The van der Waals surface area contributed by atoms with Crippen molar-refractivity contribution in [2.45, 2.75) is 70.7 Å². The highest BCUT2D eigenvalue weighted by Gasteiger charge is 2.65. The summed E-state index contributed by atoms with van der Waals surface area (Å²) in [5.41, 5.74) is 1.42. The third-order valence-corrected chi connectivity index (χ3v) is 8.58. The van der Waals surface area contributed by atoms with E-state index in [0.717, 1.165) is 38.5 Å². The Morgan fingerprint density at radius 2 is 2.07 bits per heavy atom. The van der Waals surface area contributed by atoms with Crippen molar-refractivity contribution < 1.29 is 24.0 Å². The van der Waals surface area contributed by atoms with Crippen LogP contribution in [0.15, 0.2) is 11.6 Å². The van der Waals surface area contributed by atoms with Crippen LogP contribution in [0.4, 0.5) is 0 Å². The van der Waals surface area contributed by atoms with Crippen molar-refractivity contribution in [2.75, 3.05) is 20.3 Å². The molecule has 0 amide bonds. The van der Waals surface area contributed by atoms with Gasteiger partial charge in [0.2, 0.25) is 0 Å². The molecular formula is C22H32O5. The highest BCUT2D eigenvalue weighted by Crippen LogP contribution is 2.66. The van der Waals surface area contributed by atoms with Crippen molar-refractivity contribution in [3.8, 4) is 0 Å². The molecule has 150 valence electrons. The molecule has 0 spiro atoms. The molecule has 0 aromatic carbocycles. The number of allylic oxidation sites excluding steroid dienone is 1. The standard InChI is InChI=1S/C22H32O5/c1-4-25-26-12-22-8-5-14-19(15(22)9-13(11-22)24-3)17(23)10-16-20-18(27-20)6-7-21(14,16)2/h10,13-15,18-20H,4-9,11-12H2,1-3H3/t13-,14+,15+,18-,19-,20+,21-,22-/m1/s1. The van der Waals surface area contributed by atoms with Crippen LogP contribution in [0.1, 0.15) is 52.4 Å². The second kappa shape index (κ2) is 6.38. The molecule has 5 rings (SSSR count). The van der Waals surface area contributed by atoms with E-state index in [9.17, 15) is 4.79 Å². The summed E-state index contributed by atoms with van der Waals surface area (Å²) < 4.78 is 11.6. The van der Waals surface area contributed by atoms with Crippen molar-refractivity contribution in [1.29, 1.82) is 0 Å². The van der Waals surface area contributed by atoms with Crippen LogP contribution in [0, 0.1) is 28.6 Å². The lowest BCUT2D eigenvalue weighted by Crippen LogP contribution is -2.54. The van der Waals surface area contributed by atoms with E-state index in [2.05, 4.69) is 6.92 Å². The van der Waals surface area contributed by atoms with Gasteiger partial charge in [-0.2, -0.15) is 0 Å². The zero-order chi connectivity index (χ0) is 18.8. The number of hydrogen-bond donors (Lipinski definition) is 0. The number of hydrogen-bond acceptors (Lipinski definition) is 5. The Morgan fingerprint density at radius 3 is 2.85 bits per heavy atom. The van der Waals surface area contributed by atoms with Gasteiger partial charge in [0.1, 0.15) is 6.10 Å². The molecular weight excluding hydrogens is 344 g/mol. The largest absolute Gasteiger partial charge is 0.381 e. The van der Waals surface area contributed by atoms with Crippen LogP contribution in [-0.4, -0.2) is 44.4 Å². The van der Waals surface area contributed by atoms with Gasteiger partial charge in [0, 0.05) is 18.4 Å². The number of rotatable bonds is 5. The highest BCUT2D eigenvalue weighted by molar-refractivity contribution is 5.95. The Bertz CT molecular complexity index is 659. The first kappa shape index (κ1) is 18.3. The molecule has 4 aliphatic carbocycles. The fraction of sp³-hybridized carbons (Fsp3) is 0.864. The van der Waals surface area contributed by atoms with E-state index in [4.69, 9.17) is 19.2 Å². The summed E-state index contributed by atoms with van der Waals surface area (Å²) in [4.78, 5) is 24.2. The summed E-state index contributed by atoms with van der Waals surface area (Å²) in [5, 5.41) is 0. The third-order valence-electron chi connectivity index (χ3n) is 8.58. The molecule has 0 radical (unpaired) electrons. The Morgan fingerprint density at radius 1 is 1.22 bits per heavy atom. The summed E-state index contributed by atoms with van der Waals surface area (Å²) in [6.07, 6.45) is 9.19. The second-order valence-corrected chi connectivity index (χ2v) is 9.66. The molecule has 0 bridgehead atoms. The lowest BCUT2D eigenvalue weighted by atomic mass is 9.48. The van der Waals surface area contributed by atoms with Crippen molar-refractivity contribution in [1.82, 2.24) is 0 Å². The number of epoxide rings is 1. The van der Waals surface area contributed by atoms with Crippen LogP contribution in [0.25, 0.3) is 0 Å². The highest BCUT2D eigenvalue weighted by atomic mass is 17.2. The molecule has 27 heavy (non-hydrogen) atoms. The van der Waals surface area contributed by atoms with Crippen LogP contribution in [-0.2, 0) is 24.0 Å². The van der Waals surface area contributed by atoms with Gasteiger partial charge in [0.05, 0.1) is 25.4 Å². The number of methoxy groups -OCH3 is 1. The monoisotopic (exact) mass is 376 g/mol. The van der Waals surface area contributed by atoms with Crippen LogP contribution in [0.5, 0.6) is 0 Å². The maximum absolute atomic E-state index is 13.4. The van der Waals surface area contributed by atoms with Gasteiger partial charge in [-0.25, -0.2) is 9.78 Å². The first-order valence-electron chi connectivity index (χ1n) is 10.7. The average molecular weight is 376 g/mol. The molecule has 8 atom stereocenters. The van der Waals surface area contributed by atoms with Gasteiger partial charge in [0.25, 0.3) is 0 Å². The Kier molecular flexibility index (Phi) is 4.32. The number of fused-ring (bicyclic) bond motifs is 7. The molecule has 0 aromatic rings. The first-order valence-corrected chi connectivity index (χ1v) is 10.7. The van der Waals surface area contributed by atoms with Gasteiger partial charge in [-0.05, 0) is 74.3 Å². The summed E-state index contributed by atoms with van der Waals surface area (Å²) in [5.74, 6) is 1.16. The van der Waals surface area contributed by atoms with E-state index < -0.39 is 0 Å². The number of ether oxygens (including phenoxy) is 2. The van der Waals surface area contributed by atoms with E-state index >= 15 is 0 Å². The molecule has 3 saturated carbocycles. The van der Waals surface area contributed by atoms with Crippen molar-refractivity contribution in [2.24, 2.45) is 28.6 Å². The van der Waals surface area contributed by atoms with E-state index in [1.54, 1.807) is 7.11 Å². The van der Waals surface area contributed by atoms with E-state index in [1.807, 2.05) is 13.0 Å². The van der Waals surface area contributed by atoms with Gasteiger partial charge in [-0.15, -0.1) is 0 Å². The molecule has 5 aliphatic rings. The minimum Gasteiger partial charge on any atom is -0.381 e. The van der Waals surface area contributed by atoms with Gasteiger partial charge < -0.3 is 9.47 Å². The van der Waals surface area contributed by atoms with Crippen molar-refractivity contribution in [3.05, 3.63) is 11.6 Å². The third kappa shape index (κ3) is 2.61. The molecule has 0 N–H and O–H groups in total. The predicted molar refractivity (Wildman–Crippen MR) is 98.8 cm³/mol. The minimum atomic E-state index is 0.00165. The zero-order valence-electron chi connectivity index (χ0n) is 16.7. The molecule has 5 nitrogen and oxygen atoms in total. The number of ketones is 1. The van der Waals surface area contributed by atoms with Gasteiger partial charge >= 0.3 is 0 Å². The molecule has 4 fully saturated rings. The second-order valence-electron chi connectivity index (χ2n) is 9.66. The molecule has 1 saturated heterocycles. The molecule has 0 aromatic heterocycles. The average Bonchev–Trinajstić information content (AvgIpc) is 3.35. The number of carbonyl (C=O) groups is 1. The van der Waals surface area contributed by atoms with Gasteiger partial charge in [0.15, 0.2) is 5.78 Å². The van der Waals surface area contributed by atoms with E-state index in [0.29, 0.717) is 36.9 Å². The molecule has 0 unspecified atom stereocenters. The quantitative estimate of drug-likeness (QED) is 0.318. The predicted octanol–water partition coefficient (Wildman–Crippen LogP) is 3.47. The van der Waals surface area contributed by atoms with Crippen LogP contribution in [0.2, 0.25) is 0 Å². The lowest BCUT2D eigenvalue weighted by molar-refractivity contribution is -0.313. The number of carbonyl (C=O) groups excluding carboxylic acids is 1. The van der Waals surface area contributed by atoms with E-state index in [1.165, 1.54) is 5.57 Å². The molecule has 1 heterocycles. The van der Waals surface area contributed by atoms with Gasteiger partial charge in [-0.1, -0.05) is 6.92 Å². The minimum absolute atomic E-state index is 0.00165. The fourth-order valence-electron chi connectivity index (χ4n) is 7.15. The van der Waals surface area contributed by atoms with Crippen LogP contribution < -0.4 is 0 Å². The smallest absolute Gasteiger partial charge is 0.159 e. The maximum atomic E-state index is 13.4. The van der Waals surface area contributed by atoms with Gasteiger partial charge in [-0.3, -0.25) is 4.79 Å². The zero-order valence-corrected chi connectivity index (χ0v) is 16.7. The Labute approximate surface area is 161 Å². The normalized spacial score (nSPS) is 50.3. The first-order chi connectivity index (χ1) is 13.0. The lowest BCUT2D eigenvalue weighted by Gasteiger charge is -2.55. The topological polar surface area (TPSA) is 57.3 Å². The van der Waals surface area contributed by atoms with E-state index in [-0.39, 0.29) is 29.0 Å². The summed E-state index contributed by atoms with van der Waals surface area (Å²) in [7, 11) is 1.80. The summed E-state index contributed by atoms with van der Waals surface area (Å²) in [6, 6.07) is 0. The Balaban J connectivity index is 1.48. The van der Waals surface area contributed by atoms with Crippen molar-refractivity contribution >= 4 is 5.78 Å². The maximum Gasteiger partial charge on any atom is 0.159 e. The van der Waals surface area contributed by atoms with Crippen LogP contribution in [0.3, 0.4) is 0 Å². The van der Waals surface area contributed by atoms with Crippen LogP contribution >= 0.6 is 0 Å². The summed E-state index contributed by atoms with van der Waals surface area (Å²) in [6.45, 7) is 5.45. The SMILES string of the molecule is CCOOC[C@]12CC[C@H]3[C@@H](C(=O)C=C4[C@@H]5O[C@@H]5CC[C@@]43C)[C@@H]1C[C@@H](OC)C2.